The van der Waals surface area contributed by atoms with Gasteiger partial charge < -0.3 is 4.57 Å². The predicted octanol–water partition coefficient (Wildman–Crippen LogP) is 13.6. The number of nitriles is 1. The monoisotopic (exact) mass is 722 g/mol. The van der Waals surface area contributed by atoms with Gasteiger partial charge in [0.05, 0.1) is 45.6 Å². The first-order valence-electron chi connectivity index (χ1n) is 17.9. The fraction of sp³-hybridized carbons (Fsp3) is 0. The van der Waals surface area contributed by atoms with Gasteiger partial charge in [-0.05, 0) is 48.5 Å². The van der Waals surface area contributed by atoms with Crippen LogP contribution in [0.3, 0.4) is 0 Å². The standard InChI is InChI=1S/C48H26N4S2/c49-26-28-11-1-2-12-29(28)36-25-44(52-38-18-8-4-14-31(38)33-22-24-43-46(48(33)52)35-16-6-10-20-41(35)54-43)50-27-39(36)51-37-17-7-3-13-30(37)32-21-23-42-45(47(32)51)34-15-5-9-19-40(34)53-42/h1-25,27H. The van der Waals surface area contributed by atoms with Gasteiger partial charge in [-0.1, -0.05) is 103 Å². The van der Waals surface area contributed by atoms with E-state index in [1.54, 1.807) is 0 Å². The summed E-state index contributed by atoms with van der Waals surface area (Å²) in [6, 6.07) is 56.4. The van der Waals surface area contributed by atoms with Gasteiger partial charge in [0.15, 0.2) is 0 Å². The molecule has 5 aromatic heterocycles. The minimum Gasteiger partial charge on any atom is -0.306 e. The summed E-state index contributed by atoms with van der Waals surface area (Å²) in [7, 11) is 0. The highest BCUT2D eigenvalue weighted by molar-refractivity contribution is 7.26. The molecule has 0 aliphatic rings. The van der Waals surface area contributed by atoms with Crippen molar-refractivity contribution in [3.8, 4) is 28.7 Å². The number of rotatable bonds is 3. The van der Waals surface area contributed by atoms with E-state index in [-0.39, 0.29) is 0 Å². The summed E-state index contributed by atoms with van der Waals surface area (Å²) in [5, 5.41) is 20.3. The van der Waals surface area contributed by atoms with Crippen LogP contribution in [0.1, 0.15) is 5.56 Å². The van der Waals surface area contributed by atoms with Gasteiger partial charge in [-0.2, -0.15) is 5.26 Å². The molecule has 0 bridgehead atoms. The van der Waals surface area contributed by atoms with Gasteiger partial charge in [0.1, 0.15) is 5.82 Å². The van der Waals surface area contributed by atoms with E-state index in [1.807, 2.05) is 47.1 Å². The van der Waals surface area contributed by atoms with E-state index in [0.717, 1.165) is 44.7 Å². The fourth-order valence-corrected chi connectivity index (χ4v) is 11.0. The van der Waals surface area contributed by atoms with Crippen LogP contribution in [0.4, 0.5) is 0 Å². The maximum atomic E-state index is 10.5. The highest BCUT2D eigenvalue weighted by Crippen LogP contribution is 2.46. The average Bonchev–Trinajstić information content (AvgIpc) is 3.98. The van der Waals surface area contributed by atoms with Gasteiger partial charge in [0.25, 0.3) is 0 Å². The zero-order chi connectivity index (χ0) is 35.5. The largest absolute Gasteiger partial charge is 0.306 e. The Balaban J connectivity index is 1.25. The van der Waals surface area contributed by atoms with Crippen molar-refractivity contribution in [2.24, 2.45) is 0 Å². The zero-order valence-electron chi connectivity index (χ0n) is 28.6. The van der Waals surface area contributed by atoms with Gasteiger partial charge in [-0.3, -0.25) is 4.57 Å². The molecule has 0 aliphatic carbocycles. The van der Waals surface area contributed by atoms with E-state index < -0.39 is 0 Å². The van der Waals surface area contributed by atoms with Gasteiger partial charge >= 0.3 is 0 Å². The molecule has 0 radical (unpaired) electrons. The van der Waals surface area contributed by atoms with E-state index in [0.29, 0.717) is 5.56 Å². The molecule has 4 nitrogen and oxygen atoms in total. The van der Waals surface area contributed by atoms with Crippen molar-refractivity contribution in [3.05, 3.63) is 163 Å². The fourth-order valence-electron chi connectivity index (χ4n) is 8.79. The molecule has 7 aromatic carbocycles. The van der Waals surface area contributed by atoms with Crippen LogP contribution >= 0.6 is 22.7 Å². The molecule has 0 saturated carbocycles. The second-order valence-corrected chi connectivity index (χ2v) is 16.0. The number of pyridine rings is 1. The van der Waals surface area contributed by atoms with E-state index in [2.05, 4.69) is 149 Å². The second-order valence-electron chi connectivity index (χ2n) is 13.8. The molecule has 5 heterocycles. The number of hydrogen-bond donors (Lipinski definition) is 0. The molecule has 250 valence electrons. The van der Waals surface area contributed by atoms with Crippen LogP contribution in [0.5, 0.6) is 0 Å². The molecular formula is C48H26N4S2. The number of para-hydroxylation sites is 2. The van der Waals surface area contributed by atoms with Crippen LogP contribution < -0.4 is 0 Å². The number of aromatic nitrogens is 3. The SMILES string of the molecule is N#Cc1ccccc1-c1cc(-n2c3ccccc3c3ccc4sc5ccccc5c4c32)ncc1-n1c2ccccc2c2ccc3sc4ccccc4c3c21. The number of fused-ring (bicyclic) bond motifs is 14. The summed E-state index contributed by atoms with van der Waals surface area (Å²) in [5.74, 6) is 0.808. The van der Waals surface area contributed by atoms with E-state index in [1.165, 1.54) is 61.9 Å². The maximum Gasteiger partial charge on any atom is 0.138 e. The summed E-state index contributed by atoms with van der Waals surface area (Å²) >= 11 is 3.66. The summed E-state index contributed by atoms with van der Waals surface area (Å²) in [6.07, 6.45) is 2.03. The van der Waals surface area contributed by atoms with E-state index >= 15 is 0 Å². The first-order valence-corrected chi connectivity index (χ1v) is 19.6. The number of hydrogen-bond acceptors (Lipinski definition) is 4. The molecule has 0 N–H and O–H groups in total. The lowest BCUT2D eigenvalue weighted by molar-refractivity contribution is 1.06. The summed E-state index contributed by atoms with van der Waals surface area (Å²) < 4.78 is 9.75. The predicted molar refractivity (Wildman–Crippen MR) is 229 cm³/mol. The van der Waals surface area contributed by atoms with Crippen molar-refractivity contribution in [2.45, 2.75) is 0 Å². The number of nitrogens with zero attached hydrogens (tertiary/aromatic N) is 4. The molecule has 0 aliphatic heterocycles. The normalized spacial score (nSPS) is 12.1. The number of thiophene rings is 2. The Hall–Kier alpha value is -6.78. The van der Waals surface area contributed by atoms with E-state index in [4.69, 9.17) is 4.98 Å². The van der Waals surface area contributed by atoms with Crippen LogP contribution in [0, 0.1) is 11.3 Å². The summed E-state index contributed by atoms with van der Waals surface area (Å²) in [6.45, 7) is 0. The van der Waals surface area contributed by atoms with Crippen molar-refractivity contribution in [3.63, 3.8) is 0 Å². The third-order valence-electron chi connectivity index (χ3n) is 11.0. The average molecular weight is 723 g/mol. The Morgan fingerprint density at radius 3 is 1.61 bits per heavy atom. The van der Waals surface area contributed by atoms with Crippen LogP contribution in [-0.2, 0) is 0 Å². The summed E-state index contributed by atoms with van der Waals surface area (Å²) in [4.78, 5) is 5.40. The molecular weight excluding hydrogens is 697 g/mol. The van der Waals surface area contributed by atoms with Gasteiger partial charge in [0, 0.05) is 73.0 Å². The molecule has 12 rings (SSSR count). The third-order valence-corrected chi connectivity index (χ3v) is 13.3. The minimum atomic E-state index is 0.622. The molecule has 12 aromatic rings. The first kappa shape index (κ1) is 29.8. The number of benzene rings is 7. The van der Waals surface area contributed by atoms with Crippen molar-refractivity contribution in [1.82, 2.24) is 14.1 Å². The highest BCUT2D eigenvalue weighted by atomic mass is 32.1. The Morgan fingerprint density at radius 1 is 0.463 bits per heavy atom. The topological polar surface area (TPSA) is 46.5 Å². The Kier molecular flexibility index (Phi) is 6.12. The smallest absolute Gasteiger partial charge is 0.138 e. The lowest BCUT2D eigenvalue weighted by Gasteiger charge is -2.17. The van der Waals surface area contributed by atoms with E-state index in [9.17, 15) is 5.26 Å². The van der Waals surface area contributed by atoms with Crippen molar-refractivity contribution in [1.29, 1.82) is 5.26 Å². The lowest BCUT2D eigenvalue weighted by Crippen LogP contribution is -2.04. The summed E-state index contributed by atoms with van der Waals surface area (Å²) in [5.41, 5.74) is 7.87. The lowest BCUT2D eigenvalue weighted by atomic mass is 9.99. The van der Waals surface area contributed by atoms with Gasteiger partial charge in [-0.25, -0.2) is 4.98 Å². The van der Waals surface area contributed by atoms with Crippen LogP contribution in [-0.4, -0.2) is 14.1 Å². The first-order chi connectivity index (χ1) is 26.8. The van der Waals surface area contributed by atoms with Crippen LogP contribution in [0.15, 0.2) is 158 Å². The molecule has 0 unspecified atom stereocenters. The Morgan fingerprint density at radius 2 is 0.981 bits per heavy atom. The van der Waals surface area contributed by atoms with Crippen molar-refractivity contribution >= 4 is 107 Å². The molecule has 0 fully saturated rings. The van der Waals surface area contributed by atoms with Crippen molar-refractivity contribution in [2.75, 3.05) is 0 Å². The molecule has 0 amide bonds. The third kappa shape index (κ3) is 3.97. The van der Waals surface area contributed by atoms with Crippen molar-refractivity contribution < 1.29 is 0 Å². The maximum absolute atomic E-state index is 10.5. The Labute approximate surface area is 316 Å². The van der Waals surface area contributed by atoms with Gasteiger partial charge in [0.2, 0.25) is 0 Å². The van der Waals surface area contributed by atoms with Crippen LogP contribution in [0.25, 0.3) is 107 Å². The quantitative estimate of drug-likeness (QED) is 0.182. The molecule has 54 heavy (non-hydrogen) atoms. The molecule has 0 saturated heterocycles. The molecule has 6 heteroatoms. The minimum absolute atomic E-state index is 0.622. The highest BCUT2D eigenvalue weighted by Gasteiger charge is 2.24. The van der Waals surface area contributed by atoms with Crippen LogP contribution in [0.2, 0.25) is 0 Å². The molecule has 0 spiro atoms. The second kappa shape index (κ2) is 11.1. The zero-order valence-corrected chi connectivity index (χ0v) is 30.2. The molecule has 0 atom stereocenters. The Bertz CT molecular complexity index is 3590. The van der Waals surface area contributed by atoms with Gasteiger partial charge in [-0.15, -0.1) is 22.7 Å².